The van der Waals surface area contributed by atoms with E-state index in [1.807, 2.05) is 0 Å². The van der Waals surface area contributed by atoms with Gasteiger partial charge in [-0.15, -0.1) is 24.0 Å². The fraction of sp³-hybridized carbons (Fsp3) is 0.667. The minimum absolute atomic E-state index is 0. The molecule has 3 rings (SSSR count). The smallest absolute Gasteiger partial charge is 0.193 e. The molecule has 1 N–H and O–H groups in total. The zero-order valence-corrected chi connectivity index (χ0v) is 21.0. The number of halogens is 2. The summed E-state index contributed by atoms with van der Waals surface area (Å²) in [7, 11) is 0. The minimum Gasteiger partial charge on any atom is -0.378 e. The largest absolute Gasteiger partial charge is 0.378 e. The third kappa shape index (κ3) is 6.76. The molecule has 7 heteroatoms. The van der Waals surface area contributed by atoms with Gasteiger partial charge >= 0.3 is 0 Å². The number of guanidine groups is 1. The monoisotopic (exact) mass is 564 g/mol. The Kier molecular flexibility index (Phi) is 10.4. The van der Waals surface area contributed by atoms with Crippen LogP contribution < -0.4 is 10.2 Å². The van der Waals surface area contributed by atoms with Gasteiger partial charge < -0.3 is 19.9 Å². The van der Waals surface area contributed by atoms with E-state index in [-0.39, 0.29) is 24.0 Å². The second-order valence-corrected chi connectivity index (χ2v) is 8.33. The van der Waals surface area contributed by atoms with Gasteiger partial charge in [0.25, 0.3) is 0 Å². The summed E-state index contributed by atoms with van der Waals surface area (Å²) >= 11 is 3.52. The van der Waals surface area contributed by atoms with Crippen molar-refractivity contribution in [1.29, 1.82) is 0 Å². The first-order valence-corrected chi connectivity index (χ1v) is 11.1. The molecule has 0 amide bonds. The quantitative estimate of drug-likeness (QED) is 0.317. The molecule has 2 fully saturated rings. The molecule has 1 aromatic carbocycles. The standard InChI is InChI=1S/C21H33BrN4O.HI/c1-3-23-21(25-13-10-20(11-14-25)27-4-2)24-15-17-9-12-26(16-17)19-7-5-18(22)6-8-19;/h5-8,17,20H,3-4,9-16H2,1-2H3,(H,23,24);1H. The highest BCUT2D eigenvalue weighted by Crippen LogP contribution is 2.25. The second-order valence-electron chi connectivity index (χ2n) is 7.41. The first kappa shape index (κ1) is 23.7. The SMILES string of the molecule is CCNC(=NCC1CCN(c2ccc(Br)cc2)C1)N1CCC(OCC)CC1.I. The van der Waals surface area contributed by atoms with Crippen LogP contribution in [0.5, 0.6) is 0 Å². The van der Waals surface area contributed by atoms with Crippen molar-refractivity contribution in [3.05, 3.63) is 28.7 Å². The Bertz CT molecular complexity index is 605. The van der Waals surface area contributed by atoms with Crippen molar-refractivity contribution in [2.75, 3.05) is 50.8 Å². The summed E-state index contributed by atoms with van der Waals surface area (Å²) in [5.74, 6) is 1.71. The van der Waals surface area contributed by atoms with Gasteiger partial charge in [-0.05, 0) is 63.3 Å². The molecule has 0 radical (unpaired) electrons. The van der Waals surface area contributed by atoms with Gasteiger partial charge in [-0.3, -0.25) is 4.99 Å². The molecule has 2 saturated heterocycles. The van der Waals surface area contributed by atoms with Gasteiger partial charge in [-0.2, -0.15) is 0 Å². The minimum atomic E-state index is 0. The van der Waals surface area contributed by atoms with E-state index >= 15 is 0 Å². The van der Waals surface area contributed by atoms with Crippen LogP contribution in [0, 0.1) is 5.92 Å². The van der Waals surface area contributed by atoms with E-state index in [2.05, 4.69) is 69.2 Å². The van der Waals surface area contributed by atoms with Crippen LogP contribution in [0.4, 0.5) is 5.69 Å². The van der Waals surface area contributed by atoms with E-state index in [0.717, 1.165) is 69.1 Å². The molecule has 28 heavy (non-hydrogen) atoms. The molecule has 1 aromatic rings. The molecular weight excluding hydrogens is 531 g/mol. The van der Waals surface area contributed by atoms with Crippen molar-refractivity contribution in [2.45, 2.75) is 39.2 Å². The fourth-order valence-corrected chi connectivity index (χ4v) is 4.24. The number of nitrogens with zero attached hydrogens (tertiary/aromatic N) is 3. The van der Waals surface area contributed by atoms with Gasteiger partial charge in [0, 0.05) is 56.0 Å². The molecule has 0 aliphatic carbocycles. The van der Waals surface area contributed by atoms with Crippen LogP contribution in [0.15, 0.2) is 33.7 Å². The van der Waals surface area contributed by atoms with Crippen LogP contribution in [-0.2, 0) is 4.74 Å². The Morgan fingerprint density at radius 3 is 2.50 bits per heavy atom. The highest BCUT2D eigenvalue weighted by molar-refractivity contribution is 14.0. The van der Waals surface area contributed by atoms with Crippen LogP contribution in [0.1, 0.15) is 33.1 Å². The van der Waals surface area contributed by atoms with Gasteiger partial charge in [0.05, 0.1) is 6.10 Å². The Morgan fingerprint density at radius 2 is 1.86 bits per heavy atom. The molecule has 0 aromatic heterocycles. The van der Waals surface area contributed by atoms with Gasteiger partial charge in [-0.25, -0.2) is 0 Å². The van der Waals surface area contributed by atoms with Crippen LogP contribution in [0.3, 0.4) is 0 Å². The number of rotatable bonds is 6. The van der Waals surface area contributed by atoms with Gasteiger partial charge in [0.1, 0.15) is 0 Å². The molecule has 2 aliphatic rings. The molecule has 2 heterocycles. The van der Waals surface area contributed by atoms with E-state index in [1.54, 1.807) is 0 Å². The zero-order valence-electron chi connectivity index (χ0n) is 17.1. The Morgan fingerprint density at radius 1 is 1.14 bits per heavy atom. The zero-order chi connectivity index (χ0) is 19.1. The van der Waals surface area contributed by atoms with E-state index in [0.29, 0.717) is 12.0 Å². The maximum atomic E-state index is 5.78. The predicted molar refractivity (Wildman–Crippen MR) is 132 cm³/mol. The molecule has 1 atom stereocenters. The summed E-state index contributed by atoms with van der Waals surface area (Å²) in [5, 5.41) is 3.49. The highest BCUT2D eigenvalue weighted by atomic mass is 127. The number of nitrogens with one attached hydrogen (secondary N) is 1. The van der Waals surface area contributed by atoms with Gasteiger partial charge in [0.2, 0.25) is 0 Å². The lowest BCUT2D eigenvalue weighted by Gasteiger charge is -2.34. The summed E-state index contributed by atoms with van der Waals surface area (Å²) in [6.07, 6.45) is 3.83. The summed E-state index contributed by atoms with van der Waals surface area (Å²) in [6, 6.07) is 8.64. The van der Waals surface area contributed by atoms with Crippen LogP contribution in [0.2, 0.25) is 0 Å². The number of anilines is 1. The number of hydrogen-bond acceptors (Lipinski definition) is 3. The molecule has 0 saturated carbocycles. The Hall–Kier alpha value is -0.540. The normalized spacial score (nSPS) is 21.0. The number of benzene rings is 1. The Balaban J connectivity index is 0.00000280. The van der Waals surface area contributed by atoms with Crippen molar-refractivity contribution in [2.24, 2.45) is 10.9 Å². The highest BCUT2D eigenvalue weighted by Gasteiger charge is 2.24. The first-order valence-electron chi connectivity index (χ1n) is 10.3. The fourth-order valence-electron chi connectivity index (χ4n) is 3.98. The lowest BCUT2D eigenvalue weighted by Crippen LogP contribution is -2.47. The summed E-state index contributed by atoms with van der Waals surface area (Å²) < 4.78 is 6.91. The number of likely N-dealkylation sites (tertiary alicyclic amines) is 1. The summed E-state index contributed by atoms with van der Waals surface area (Å²) in [5.41, 5.74) is 1.31. The van der Waals surface area contributed by atoms with Crippen molar-refractivity contribution >= 4 is 51.6 Å². The third-order valence-corrected chi connectivity index (χ3v) is 5.98. The number of piperidine rings is 1. The molecule has 158 valence electrons. The summed E-state index contributed by atoms with van der Waals surface area (Å²) in [4.78, 5) is 9.87. The molecule has 0 spiro atoms. The lowest BCUT2D eigenvalue weighted by molar-refractivity contribution is 0.0263. The van der Waals surface area contributed by atoms with E-state index in [4.69, 9.17) is 9.73 Å². The van der Waals surface area contributed by atoms with Crippen molar-refractivity contribution in [3.8, 4) is 0 Å². The van der Waals surface area contributed by atoms with E-state index < -0.39 is 0 Å². The molecular formula is C21H34BrIN4O. The van der Waals surface area contributed by atoms with E-state index in [9.17, 15) is 0 Å². The number of aliphatic imine (C=N–C) groups is 1. The van der Waals surface area contributed by atoms with Crippen LogP contribution in [-0.4, -0.2) is 62.8 Å². The van der Waals surface area contributed by atoms with Crippen LogP contribution >= 0.6 is 39.9 Å². The topological polar surface area (TPSA) is 40.1 Å². The summed E-state index contributed by atoms with van der Waals surface area (Å²) in [6.45, 7) is 11.1. The van der Waals surface area contributed by atoms with Crippen molar-refractivity contribution < 1.29 is 4.74 Å². The number of ether oxygens (including phenoxy) is 1. The molecule has 0 bridgehead atoms. The predicted octanol–water partition coefficient (Wildman–Crippen LogP) is 4.36. The average Bonchev–Trinajstić information content (AvgIpc) is 3.16. The lowest BCUT2D eigenvalue weighted by atomic mass is 10.1. The molecule has 2 aliphatic heterocycles. The molecule has 5 nitrogen and oxygen atoms in total. The first-order chi connectivity index (χ1) is 13.2. The average molecular weight is 565 g/mol. The molecule has 1 unspecified atom stereocenters. The van der Waals surface area contributed by atoms with Crippen LogP contribution in [0.25, 0.3) is 0 Å². The maximum absolute atomic E-state index is 5.78. The van der Waals surface area contributed by atoms with Crippen molar-refractivity contribution in [3.63, 3.8) is 0 Å². The third-order valence-electron chi connectivity index (χ3n) is 5.46. The maximum Gasteiger partial charge on any atom is 0.193 e. The van der Waals surface area contributed by atoms with Crippen molar-refractivity contribution in [1.82, 2.24) is 10.2 Å². The number of hydrogen-bond donors (Lipinski definition) is 1. The van der Waals surface area contributed by atoms with E-state index in [1.165, 1.54) is 12.1 Å². The van der Waals surface area contributed by atoms with Gasteiger partial charge in [0.15, 0.2) is 5.96 Å². The Labute approximate surface area is 195 Å². The van der Waals surface area contributed by atoms with Gasteiger partial charge in [-0.1, -0.05) is 15.9 Å². The second kappa shape index (κ2) is 12.2.